The minimum Gasteiger partial charge on any atom is -0.481 e. The van der Waals surface area contributed by atoms with Gasteiger partial charge < -0.3 is 15.4 Å². The number of methoxy groups -OCH3 is 1. The summed E-state index contributed by atoms with van der Waals surface area (Å²) < 4.78 is 33.4. The van der Waals surface area contributed by atoms with Crippen LogP contribution >= 0.6 is 0 Å². The van der Waals surface area contributed by atoms with E-state index in [9.17, 15) is 18.4 Å². The predicted octanol–water partition coefficient (Wildman–Crippen LogP) is 1.70. The minimum atomic E-state index is -2.78. The number of ether oxygens (including phenoxy) is 1. The van der Waals surface area contributed by atoms with Crippen LogP contribution in [0.15, 0.2) is 36.7 Å². The lowest BCUT2D eigenvalue weighted by Gasteiger charge is -2.30. The Hall–Kier alpha value is -3.96. The van der Waals surface area contributed by atoms with Crippen LogP contribution in [-0.2, 0) is 0 Å². The lowest BCUT2D eigenvalue weighted by molar-refractivity contribution is -0.0496. The van der Waals surface area contributed by atoms with Crippen LogP contribution in [-0.4, -0.2) is 67.6 Å². The van der Waals surface area contributed by atoms with Gasteiger partial charge in [0.2, 0.25) is 17.6 Å². The molecule has 3 aromatic heterocycles. The van der Waals surface area contributed by atoms with Crippen molar-refractivity contribution in [1.82, 2.24) is 29.6 Å². The highest BCUT2D eigenvalue weighted by Gasteiger charge is 2.37. The molecule has 166 valence electrons. The fourth-order valence-corrected chi connectivity index (χ4v) is 3.22. The second-order valence-corrected chi connectivity index (χ2v) is 7.17. The van der Waals surface area contributed by atoms with Gasteiger partial charge in [0.05, 0.1) is 24.6 Å². The second kappa shape index (κ2) is 8.29. The van der Waals surface area contributed by atoms with Crippen molar-refractivity contribution < 1.29 is 23.1 Å². The topological polar surface area (TPSA) is 129 Å². The van der Waals surface area contributed by atoms with Gasteiger partial charge in [0.1, 0.15) is 5.69 Å². The summed E-state index contributed by atoms with van der Waals surface area (Å²) in [4.78, 5) is 38.2. The van der Waals surface area contributed by atoms with Crippen molar-refractivity contribution in [3.63, 3.8) is 0 Å². The summed E-state index contributed by atoms with van der Waals surface area (Å²) in [6.07, 6.45) is 1.94. The molecule has 0 radical (unpaired) electrons. The van der Waals surface area contributed by atoms with Gasteiger partial charge in [-0.2, -0.15) is 0 Å². The molecule has 0 bridgehead atoms. The first-order valence-electron chi connectivity index (χ1n) is 9.68. The number of alkyl halides is 2. The van der Waals surface area contributed by atoms with Gasteiger partial charge in [0, 0.05) is 38.2 Å². The Balaban J connectivity index is 1.72. The molecule has 0 spiro atoms. The van der Waals surface area contributed by atoms with E-state index in [1.165, 1.54) is 41.2 Å². The van der Waals surface area contributed by atoms with E-state index < -0.39 is 30.6 Å². The number of likely N-dealkylation sites (tertiary alicyclic amines) is 1. The standard InChI is InChI=1S/C20H19F2N7O3/c1-32-15-5-3-13(11-25-15)29-18(14-4-2-12(10-24-14)16(23)30)26-17(27-29)19(31)28-8-6-20(21,22)7-9-28/h2-5,10-11H,6-9H2,1H3,(H2,23,30). The van der Waals surface area contributed by atoms with E-state index in [2.05, 4.69) is 20.1 Å². The normalized spacial score (nSPS) is 15.4. The number of carbonyl (C=O) groups excluding carboxylic acids is 2. The number of rotatable bonds is 5. The Labute approximate surface area is 181 Å². The van der Waals surface area contributed by atoms with Gasteiger partial charge in [0.15, 0.2) is 5.82 Å². The summed E-state index contributed by atoms with van der Waals surface area (Å²) in [6, 6.07) is 6.27. The smallest absolute Gasteiger partial charge is 0.293 e. The molecule has 0 aromatic carbocycles. The molecule has 4 heterocycles. The highest BCUT2D eigenvalue weighted by molar-refractivity contribution is 5.93. The molecule has 1 fully saturated rings. The first-order chi connectivity index (χ1) is 15.3. The Morgan fingerprint density at radius 1 is 1.09 bits per heavy atom. The molecule has 3 aromatic rings. The van der Waals surface area contributed by atoms with E-state index in [1.807, 2.05) is 0 Å². The zero-order valence-electron chi connectivity index (χ0n) is 17.0. The summed E-state index contributed by atoms with van der Waals surface area (Å²) in [6.45, 7) is -0.184. The molecular weight excluding hydrogens is 424 g/mol. The van der Waals surface area contributed by atoms with Crippen molar-refractivity contribution >= 4 is 11.8 Å². The molecule has 32 heavy (non-hydrogen) atoms. The van der Waals surface area contributed by atoms with E-state index in [0.717, 1.165) is 0 Å². The Morgan fingerprint density at radius 2 is 1.84 bits per heavy atom. The van der Waals surface area contributed by atoms with Crippen molar-refractivity contribution in [2.75, 3.05) is 20.2 Å². The van der Waals surface area contributed by atoms with Crippen LogP contribution in [0.1, 0.15) is 33.8 Å². The molecule has 0 saturated carbocycles. The van der Waals surface area contributed by atoms with Crippen molar-refractivity contribution in [2.45, 2.75) is 18.8 Å². The predicted molar refractivity (Wildman–Crippen MR) is 108 cm³/mol. The van der Waals surface area contributed by atoms with Crippen LogP contribution in [0.5, 0.6) is 5.88 Å². The maximum Gasteiger partial charge on any atom is 0.293 e. The number of pyridine rings is 2. The summed E-state index contributed by atoms with van der Waals surface area (Å²) in [7, 11) is 1.48. The van der Waals surface area contributed by atoms with E-state index in [4.69, 9.17) is 10.5 Å². The molecule has 1 aliphatic heterocycles. The van der Waals surface area contributed by atoms with Gasteiger partial charge in [-0.3, -0.25) is 14.6 Å². The number of piperidine rings is 1. The maximum atomic E-state index is 13.5. The van der Waals surface area contributed by atoms with Crippen molar-refractivity contribution in [3.05, 3.63) is 48.0 Å². The fourth-order valence-electron chi connectivity index (χ4n) is 3.22. The van der Waals surface area contributed by atoms with Crippen molar-refractivity contribution in [2.24, 2.45) is 5.73 Å². The van der Waals surface area contributed by atoms with Crippen LogP contribution in [0.3, 0.4) is 0 Å². The molecule has 12 heteroatoms. The third-order valence-electron chi connectivity index (χ3n) is 5.03. The third kappa shape index (κ3) is 4.24. The van der Waals surface area contributed by atoms with Crippen molar-refractivity contribution in [3.8, 4) is 23.1 Å². The molecule has 1 aliphatic rings. The highest BCUT2D eigenvalue weighted by atomic mass is 19.3. The van der Waals surface area contributed by atoms with Gasteiger partial charge in [-0.05, 0) is 18.2 Å². The quantitative estimate of drug-likeness (QED) is 0.635. The lowest BCUT2D eigenvalue weighted by Crippen LogP contribution is -2.43. The molecule has 2 amide bonds. The zero-order valence-corrected chi connectivity index (χ0v) is 17.0. The molecule has 0 atom stereocenters. The minimum absolute atomic E-state index is 0.0919. The lowest BCUT2D eigenvalue weighted by atomic mass is 10.1. The number of amides is 2. The number of primary amides is 1. The van der Waals surface area contributed by atoms with E-state index >= 15 is 0 Å². The van der Waals surface area contributed by atoms with Gasteiger partial charge in [-0.1, -0.05) is 0 Å². The highest BCUT2D eigenvalue weighted by Crippen LogP contribution is 2.28. The molecule has 0 unspecified atom stereocenters. The van der Waals surface area contributed by atoms with Gasteiger partial charge in [0.25, 0.3) is 11.8 Å². The maximum absolute atomic E-state index is 13.5. The van der Waals surface area contributed by atoms with E-state index in [1.54, 1.807) is 12.1 Å². The Bertz CT molecular complexity index is 1140. The summed E-state index contributed by atoms with van der Waals surface area (Å²) in [5.74, 6) is -3.56. The number of hydrogen-bond donors (Lipinski definition) is 1. The van der Waals surface area contributed by atoms with E-state index in [0.29, 0.717) is 17.3 Å². The molecule has 0 aliphatic carbocycles. The Morgan fingerprint density at radius 3 is 2.41 bits per heavy atom. The number of halogens is 2. The third-order valence-corrected chi connectivity index (χ3v) is 5.03. The zero-order chi connectivity index (χ0) is 22.9. The second-order valence-electron chi connectivity index (χ2n) is 7.17. The number of hydrogen-bond acceptors (Lipinski definition) is 7. The van der Waals surface area contributed by atoms with Crippen LogP contribution < -0.4 is 10.5 Å². The SMILES string of the molecule is COc1ccc(-n2nc(C(=O)N3CCC(F)(F)CC3)nc2-c2ccc(C(N)=O)cn2)cn1. The van der Waals surface area contributed by atoms with Crippen LogP contribution in [0.4, 0.5) is 8.78 Å². The fraction of sp³-hybridized carbons (Fsp3) is 0.300. The van der Waals surface area contributed by atoms with Gasteiger partial charge in [-0.15, -0.1) is 5.10 Å². The summed E-state index contributed by atoms with van der Waals surface area (Å²) in [5, 5.41) is 4.30. The van der Waals surface area contributed by atoms with Crippen LogP contribution in [0.2, 0.25) is 0 Å². The Kier molecular flexibility index (Phi) is 5.51. The van der Waals surface area contributed by atoms with E-state index in [-0.39, 0.29) is 30.3 Å². The van der Waals surface area contributed by atoms with Crippen LogP contribution in [0, 0.1) is 0 Å². The van der Waals surface area contributed by atoms with Gasteiger partial charge in [-0.25, -0.2) is 23.4 Å². The largest absolute Gasteiger partial charge is 0.481 e. The average molecular weight is 443 g/mol. The number of nitrogens with zero attached hydrogens (tertiary/aromatic N) is 6. The van der Waals surface area contributed by atoms with Crippen molar-refractivity contribution in [1.29, 1.82) is 0 Å². The van der Waals surface area contributed by atoms with Gasteiger partial charge >= 0.3 is 0 Å². The average Bonchev–Trinajstić information content (AvgIpc) is 3.24. The molecular formula is C20H19F2N7O3. The first-order valence-corrected chi connectivity index (χ1v) is 9.68. The summed E-state index contributed by atoms with van der Waals surface area (Å²) >= 11 is 0. The number of carbonyl (C=O) groups is 2. The number of aromatic nitrogens is 5. The number of nitrogens with two attached hydrogens (primary N) is 1. The molecule has 1 saturated heterocycles. The molecule has 4 rings (SSSR count). The molecule has 2 N–H and O–H groups in total. The molecule has 10 nitrogen and oxygen atoms in total. The first kappa shape index (κ1) is 21.3. The monoisotopic (exact) mass is 443 g/mol. The van der Waals surface area contributed by atoms with Crippen LogP contribution in [0.25, 0.3) is 17.2 Å². The summed E-state index contributed by atoms with van der Waals surface area (Å²) in [5.41, 5.74) is 6.26.